The van der Waals surface area contributed by atoms with Crippen molar-refractivity contribution >= 4 is 17.5 Å². The first-order valence-electron chi connectivity index (χ1n) is 5.35. The SMILES string of the molecule is COC(=O)c1c(C(=O)OC)c2ccccn2c1C#N. The molecule has 2 heterocycles. The normalized spacial score (nSPS) is 9.95. The third-order valence-electron chi connectivity index (χ3n) is 2.73. The maximum atomic E-state index is 11.8. The number of aromatic nitrogens is 1. The first-order valence-corrected chi connectivity index (χ1v) is 5.35. The molecule has 2 aromatic heterocycles. The Hall–Kier alpha value is -2.81. The lowest BCUT2D eigenvalue weighted by Crippen LogP contribution is -2.10. The van der Waals surface area contributed by atoms with E-state index in [-0.39, 0.29) is 16.8 Å². The molecule has 0 saturated heterocycles. The predicted molar refractivity (Wildman–Crippen MR) is 64.8 cm³/mol. The number of nitrogens with zero attached hydrogens (tertiary/aromatic N) is 2. The Labute approximate surface area is 108 Å². The molecule has 0 bridgehead atoms. The van der Waals surface area contributed by atoms with Gasteiger partial charge in [0.15, 0.2) is 0 Å². The van der Waals surface area contributed by atoms with Crippen molar-refractivity contribution in [1.82, 2.24) is 4.40 Å². The Balaban J connectivity index is 2.94. The molecular weight excluding hydrogens is 248 g/mol. The lowest BCUT2D eigenvalue weighted by atomic mass is 10.1. The zero-order valence-electron chi connectivity index (χ0n) is 10.3. The van der Waals surface area contributed by atoms with Crippen molar-refractivity contribution in [2.45, 2.75) is 0 Å². The van der Waals surface area contributed by atoms with E-state index in [1.165, 1.54) is 18.6 Å². The van der Waals surface area contributed by atoms with Crippen LogP contribution in [-0.2, 0) is 9.47 Å². The Morgan fingerprint density at radius 1 is 1.16 bits per heavy atom. The Kier molecular flexibility index (Phi) is 3.21. The highest BCUT2D eigenvalue weighted by Gasteiger charge is 2.29. The van der Waals surface area contributed by atoms with Gasteiger partial charge in [0.05, 0.1) is 19.7 Å². The molecule has 0 spiro atoms. The number of carbonyl (C=O) groups excluding carboxylic acids is 2. The van der Waals surface area contributed by atoms with E-state index in [1.54, 1.807) is 24.4 Å². The smallest absolute Gasteiger partial charge is 0.341 e. The van der Waals surface area contributed by atoms with Crippen LogP contribution in [0.25, 0.3) is 5.52 Å². The summed E-state index contributed by atoms with van der Waals surface area (Å²) in [5, 5.41) is 9.20. The van der Waals surface area contributed by atoms with E-state index in [9.17, 15) is 14.9 Å². The van der Waals surface area contributed by atoms with Crippen LogP contribution in [-0.4, -0.2) is 30.6 Å². The molecule has 6 nitrogen and oxygen atoms in total. The van der Waals surface area contributed by atoms with Crippen LogP contribution in [0.4, 0.5) is 0 Å². The van der Waals surface area contributed by atoms with Gasteiger partial charge in [0.2, 0.25) is 0 Å². The standard InChI is InChI=1S/C13H10N2O4/c1-18-12(16)10-8-5-3-4-6-15(8)9(7-14)11(10)13(17)19-2/h3-6H,1-2H3. The molecule has 0 aromatic carbocycles. The molecule has 96 valence electrons. The Morgan fingerprint density at radius 2 is 1.79 bits per heavy atom. The lowest BCUT2D eigenvalue weighted by Gasteiger charge is -2.01. The summed E-state index contributed by atoms with van der Waals surface area (Å²) in [5.74, 6) is -1.44. The highest BCUT2D eigenvalue weighted by Crippen LogP contribution is 2.25. The number of methoxy groups -OCH3 is 2. The summed E-state index contributed by atoms with van der Waals surface area (Å²) in [7, 11) is 2.40. The van der Waals surface area contributed by atoms with Crippen molar-refractivity contribution in [1.29, 1.82) is 5.26 Å². The van der Waals surface area contributed by atoms with Gasteiger partial charge in [-0.2, -0.15) is 5.26 Å². The molecule has 0 aliphatic carbocycles. The average Bonchev–Trinajstić information content (AvgIpc) is 2.79. The number of nitriles is 1. The molecule has 2 rings (SSSR count). The third kappa shape index (κ3) is 1.81. The number of carbonyl (C=O) groups is 2. The van der Waals surface area contributed by atoms with Gasteiger partial charge in [-0.15, -0.1) is 0 Å². The zero-order chi connectivity index (χ0) is 14.0. The molecule has 19 heavy (non-hydrogen) atoms. The molecular formula is C13H10N2O4. The van der Waals surface area contributed by atoms with Gasteiger partial charge < -0.3 is 13.9 Å². The van der Waals surface area contributed by atoms with Gasteiger partial charge in [-0.05, 0) is 12.1 Å². The number of hydrogen-bond acceptors (Lipinski definition) is 5. The summed E-state index contributed by atoms with van der Waals surface area (Å²) in [6, 6.07) is 6.92. The number of esters is 2. The van der Waals surface area contributed by atoms with Crippen LogP contribution in [0.3, 0.4) is 0 Å². The van der Waals surface area contributed by atoms with Crippen LogP contribution in [0.2, 0.25) is 0 Å². The summed E-state index contributed by atoms with van der Waals surface area (Å²) >= 11 is 0. The summed E-state index contributed by atoms with van der Waals surface area (Å²) in [5.41, 5.74) is 0.420. The van der Waals surface area contributed by atoms with Gasteiger partial charge >= 0.3 is 11.9 Å². The van der Waals surface area contributed by atoms with Gasteiger partial charge in [-0.25, -0.2) is 9.59 Å². The van der Waals surface area contributed by atoms with Crippen LogP contribution >= 0.6 is 0 Å². The topological polar surface area (TPSA) is 80.8 Å². The summed E-state index contributed by atoms with van der Waals surface area (Å²) in [6.45, 7) is 0. The molecule has 0 amide bonds. The molecule has 0 aliphatic heterocycles. The third-order valence-corrected chi connectivity index (χ3v) is 2.73. The predicted octanol–water partition coefficient (Wildman–Crippen LogP) is 1.38. The highest BCUT2D eigenvalue weighted by atomic mass is 16.5. The maximum Gasteiger partial charge on any atom is 0.341 e. The second-order valence-electron chi connectivity index (χ2n) is 3.65. The fourth-order valence-corrected chi connectivity index (χ4v) is 1.93. The van der Waals surface area contributed by atoms with Crippen LogP contribution in [0.15, 0.2) is 24.4 Å². The number of ether oxygens (including phenoxy) is 2. The molecule has 0 atom stereocenters. The average molecular weight is 258 g/mol. The second kappa shape index (κ2) is 4.82. The van der Waals surface area contributed by atoms with Crippen molar-refractivity contribution in [2.24, 2.45) is 0 Å². The van der Waals surface area contributed by atoms with E-state index < -0.39 is 11.9 Å². The van der Waals surface area contributed by atoms with Crippen LogP contribution in [0, 0.1) is 11.3 Å². The molecule has 6 heteroatoms. The molecule has 2 aromatic rings. The first-order chi connectivity index (χ1) is 9.15. The lowest BCUT2D eigenvalue weighted by molar-refractivity contribution is 0.0557. The minimum absolute atomic E-state index is 0.0338. The van der Waals surface area contributed by atoms with Crippen molar-refractivity contribution in [3.63, 3.8) is 0 Å². The van der Waals surface area contributed by atoms with Gasteiger partial charge in [0, 0.05) is 6.20 Å². The first kappa shape index (κ1) is 12.6. The molecule has 0 saturated carbocycles. The van der Waals surface area contributed by atoms with E-state index in [1.807, 2.05) is 6.07 Å². The van der Waals surface area contributed by atoms with Crippen molar-refractivity contribution in [3.8, 4) is 6.07 Å². The summed E-state index contributed by atoms with van der Waals surface area (Å²) < 4.78 is 10.8. The van der Waals surface area contributed by atoms with Crippen molar-refractivity contribution in [3.05, 3.63) is 41.2 Å². The fraction of sp³-hybridized carbons (Fsp3) is 0.154. The van der Waals surface area contributed by atoms with E-state index in [0.29, 0.717) is 5.52 Å². The minimum Gasteiger partial charge on any atom is -0.465 e. The van der Waals surface area contributed by atoms with E-state index >= 15 is 0 Å². The van der Waals surface area contributed by atoms with E-state index in [0.717, 1.165) is 0 Å². The molecule has 0 fully saturated rings. The molecule has 0 unspecified atom stereocenters. The molecule has 0 aliphatic rings. The summed E-state index contributed by atoms with van der Waals surface area (Å²) in [6.07, 6.45) is 1.59. The van der Waals surface area contributed by atoms with Crippen LogP contribution < -0.4 is 0 Å². The maximum absolute atomic E-state index is 11.8. The largest absolute Gasteiger partial charge is 0.465 e. The van der Waals surface area contributed by atoms with Gasteiger partial charge in [0.1, 0.15) is 22.9 Å². The molecule has 0 N–H and O–H groups in total. The highest BCUT2D eigenvalue weighted by molar-refractivity contribution is 6.10. The number of hydrogen-bond donors (Lipinski definition) is 0. The fourth-order valence-electron chi connectivity index (χ4n) is 1.93. The van der Waals surface area contributed by atoms with Gasteiger partial charge in [0.25, 0.3) is 0 Å². The van der Waals surface area contributed by atoms with Crippen LogP contribution in [0.5, 0.6) is 0 Å². The van der Waals surface area contributed by atoms with Gasteiger partial charge in [-0.3, -0.25) is 0 Å². The van der Waals surface area contributed by atoms with Crippen molar-refractivity contribution < 1.29 is 19.1 Å². The number of pyridine rings is 1. The number of rotatable bonds is 2. The van der Waals surface area contributed by atoms with Gasteiger partial charge in [-0.1, -0.05) is 6.07 Å². The monoisotopic (exact) mass is 258 g/mol. The molecule has 0 radical (unpaired) electrons. The minimum atomic E-state index is -0.749. The second-order valence-corrected chi connectivity index (χ2v) is 3.65. The van der Waals surface area contributed by atoms with E-state index in [2.05, 4.69) is 9.47 Å². The van der Waals surface area contributed by atoms with E-state index in [4.69, 9.17) is 0 Å². The van der Waals surface area contributed by atoms with Crippen molar-refractivity contribution in [2.75, 3.05) is 14.2 Å². The quantitative estimate of drug-likeness (QED) is 0.760. The number of fused-ring (bicyclic) bond motifs is 1. The van der Waals surface area contributed by atoms with Crippen LogP contribution in [0.1, 0.15) is 26.4 Å². The Morgan fingerprint density at radius 3 is 2.37 bits per heavy atom. The zero-order valence-corrected chi connectivity index (χ0v) is 10.3. The summed E-state index contributed by atoms with van der Waals surface area (Å²) in [4.78, 5) is 23.7. The Bertz CT molecular complexity index is 709.